The minimum atomic E-state index is 0.0444. The smallest absolute Gasteiger partial charge is 0.223 e. The zero-order valence-electron chi connectivity index (χ0n) is 11.1. The summed E-state index contributed by atoms with van der Waals surface area (Å²) in [6.07, 6.45) is 3.67. The Bertz CT molecular complexity index is 396. The predicted octanol–water partition coefficient (Wildman–Crippen LogP) is 2.54. The summed E-state index contributed by atoms with van der Waals surface area (Å²) >= 11 is 1.71. The molecule has 0 radical (unpaired) electrons. The summed E-state index contributed by atoms with van der Waals surface area (Å²) in [5.74, 6) is 0.986. The lowest BCUT2D eigenvalue weighted by molar-refractivity contribution is -0.135. The molecule has 104 valence electrons. The van der Waals surface area contributed by atoms with Gasteiger partial charge in [0.25, 0.3) is 0 Å². The van der Waals surface area contributed by atoms with Gasteiger partial charge in [-0.1, -0.05) is 18.2 Å². The van der Waals surface area contributed by atoms with Crippen molar-refractivity contribution in [1.82, 2.24) is 4.90 Å². The Morgan fingerprint density at radius 3 is 2.84 bits per heavy atom. The molecule has 1 aromatic rings. The van der Waals surface area contributed by atoms with Crippen molar-refractivity contribution in [2.24, 2.45) is 0 Å². The van der Waals surface area contributed by atoms with Crippen LogP contribution in [0.15, 0.2) is 35.2 Å². The zero-order chi connectivity index (χ0) is 13.5. The van der Waals surface area contributed by atoms with Gasteiger partial charge < -0.3 is 10.0 Å². The third-order valence-electron chi connectivity index (χ3n) is 3.49. The fourth-order valence-corrected chi connectivity index (χ4v) is 3.30. The molecule has 1 atom stereocenters. The Morgan fingerprint density at radius 2 is 2.11 bits per heavy atom. The lowest BCUT2D eigenvalue weighted by Gasteiger charge is -2.34. The second-order valence-corrected chi connectivity index (χ2v) is 6.00. The van der Waals surface area contributed by atoms with Crippen LogP contribution in [-0.2, 0) is 4.79 Å². The molecule has 3 nitrogen and oxygen atoms in total. The van der Waals surface area contributed by atoms with Gasteiger partial charge in [0.15, 0.2) is 0 Å². The molecule has 0 aliphatic carbocycles. The number of nitrogens with zero attached hydrogens (tertiary/aromatic N) is 1. The van der Waals surface area contributed by atoms with Crippen molar-refractivity contribution in [1.29, 1.82) is 0 Å². The summed E-state index contributed by atoms with van der Waals surface area (Å²) in [4.78, 5) is 15.2. The van der Waals surface area contributed by atoms with Crippen molar-refractivity contribution in [3.63, 3.8) is 0 Å². The number of aliphatic hydroxyl groups excluding tert-OH is 1. The SMILES string of the molecule is O=C(CCSc1ccccc1)N1CCCCC1CO. The summed E-state index contributed by atoms with van der Waals surface area (Å²) < 4.78 is 0. The number of carbonyl (C=O) groups is 1. The van der Waals surface area contributed by atoms with Crippen LogP contribution in [0.25, 0.3) is 0 Å². The summed E-state index contributed by atoms with van der Waals surface area (Å²) in [5.41, 5.74) is 0. The first kappa shape index (κ1) is 14.4. The standard InChI is InChI=1S/C15H21NO2S/c17-12-13-6-4-5-10-16(13)15(18)9-11-19-14-7-2-1-3-8-14/h1-3,7-8,13,17H,4-6,9-12H2. The van der Waals surface area contributed by atoms with Crippen LogP contribution >= 0.6 is 11.8 Å². The lowest BCUT2D eigenvalue weighted by Crippen LogP contribution is -2.45. The first-order chi connectivity index (χ1) is 9.31. The van der Waals surface area contributed by atoms with Crippen LogP contribution in [0.1, 0.15) is 25.7 Å². The maximum Gasteiger partial charge on any atom is 0.223 e. The molecule has 1 fully saturated rings. The van der Waals surface area contributed by atoms with Crippen molar-refractivity contribution in [2.45, 2.75) is 36.6 Å². The van der Waals surface area contributed by atoms with Gasteiger partial charge in [0, 0.05) is 23.6 Å². The first-order valence-electron chi connectivity index (χ1n) is 6.89. The number of benzene rings is 1. The molecule has 1 aromatic carbocycles. The molecule has 0 spiro atoms. The fraction of sp³-hybridized carbons (Fsp3) is 0.533. The maximum absolute atomic E-state index is 12.2. The fourth-order valence-electron chi connectivity index (χ4n) is 2.44. The average Bonchev–Trinajstić information content (AvgIpc) is 2.48. The number of likely N-dealkylation sites (tertiary alicyclic amines) is 1. The van der Waals surface area contributed by atoms with Gasteiger partial charge in [0.05, 0.1) is 12.6 Å². The molecule has 1 saturated heterocycles. The molecular weight excluding hydrogens is 258 g/mol. The van der Waals surface area contributed by atoms with E-state index in [1.165, 1.54) is 4.90 Å². The molecule has 1 aliphatic rings. The molecule has 2 rings (SSSR count). The second-order valence-electron chi connectivity index (χ2n) is 4.83. The molecule has 4 heteroatoms. The topological polar surface area (TPSA) is 40.5 Å². The Morgan fingerprint density at radius 1 is 1.32 bits per heavy atom. The van der Waals surface area contributed by atoms with E-state index in [0.29, 0.717) is 6.42 Å². The van der Waals surface area contributed by atoms with Crippen LogP contribution in [0.3, 0.4) is 0 Å². The van der Waals surface area contributed by atoms with E-state index in [4.69, 9.17) is 0 Å². The van der Waals surface area contributed by atoms with E-state index in [1.54, 1.807) is 11.8 Å². The molecule has 1 aliphatic heterocycles. The lowest BCUT2D eigenvalue weighted by atomic mass is 10.0. The first-order valence-corrected chi connectivity index (χ1v) is 7.88. The van der Waals surface area contributed by atoms with Gasteiger partial charge in [-0.25, -0.2) is 0 Å². The molecule has 0 aromatic heterocycles. The van der Waals surface area contributed by atoms with Crippen molar-refractivity contribution in [3.8, 4) is 0 Å². The van der Waals surface area contributed by atoms with Crippen LogP contribution in [-0.4, -0.2) is 40.9 Å². The number of thioether (sulfide) groups is 1. The van der Waals surface area contributed by atoms with Crippen LogP contribution in [0, 0.1) is 0 Å². The Kier molecular flexibility index (Phi) is 5.73. The summed E-state index contributed by atoms with van der Waals surface area (Å²) in [6.45, 7) is 0.900. The second kappa shape index (κ2) is 7.56. The molecule has 1 unspecified atom stereocenters. The van der Waals surface area contributed by atoms with E-state index < -0.39 is 0 Å². The summed E-state index contributed by atoms with van der Waals surface area (Å²) in [6, 6.07) is 10.2. The Labute approximate surface area is 119 Å². The van der Waals surface area contributed by atoms with Crippen molar-refractivity contribution < 1.29 is 9.90 Å². The summed E-state index contributed by atoms with van der Waals surface area (Å²) in [7, 11) is 0. The monoisotopic (exact) mass is 279 g/mol. The van der Waals surface area contributed by atoms with Gasteiger partial charge in [-0.3, -0.25) is 4.79 Å². The molecular formula is C15H21NO2S. The largest absolute Gasteiger partial charge is 0.394 e. The highest BCUT2D eigenvalue weighted by Crippen LogP contribution is 2.21. The zero-order valence-corrected chi connectivity index (χ0v) is 11.9. The minimum Gasteiger partial charge on any atom is -0.394 e. The van der Waals surface area contributed by atoms with E-state index in [2.05, 4.69) is 12.1 Å². The van der Waals surface area contributed by atoms with Crippen molar-refractivity contribution in [3.05, 3.63) is 30.3 Å². The van der Waals surface area contributed by atoms with Gasteiger partial charge >= 0.3 is 0 Å². The van der Waals surface area contributed by atoms with Crippen LogP contribution in [0.2, 0.25) is 0 Å². The van der Waals surface area contributed by atoms with E-state index >= 15 is 0 Å². The van der Waals surface area contributed by atoms with Gasteiger partial charge in [-0.2, -0.15) is 0 Å². The quantitative estimate of drug-likeness (QED) is 0.842. The number of hydrogen-bond acceptors (Lipinski definition) is 3. The van der Waals surface area contributed by atoms with Gasteiger partial charge in [0.2, 0.25) is 5.91 Å². The predicted molar refractivity (Wildman–Crippen MR) is 78.2 cm³/mol. The Balaban J connectivity index is 1.77. The van der Waals surface area contributed by atoms with E-state index in [0.717, 1.165) is 31.6 Å². The minimum absolute atomic E-state index is 0.0444. The average molecular weight is 279 g/mol. The van der Waals surface area contributed by atoms with Gasteiger partial charge in [-0.15, -0.1) is 11.8 Å². The highest BCUT2D eigenvalue weighted by Gasteiger charge is 2.25. The number of hydrogen-bond donors (Lipinski definition) is 1. The molecule has 19 heavy (non-hydrogen) atoms. The number of carbonyl (C=O) groups excluding carboxylic acids is 1. The van der Waals surface area contributed by atoms with E-state index in [9.17, 15) is 9.90 Å². The van der Waals surface area contributed by atoms with Crippen LogP contribution in [0.4, 0.5) is 0 Å². The Hall–Kier alpha value is -1.00. The van der Waals surface area contributed by atoms with Crippen LogP contribution < -0.4 is 0 Å². The maximum atomic E-state index is 12.2. The molecule has 0 bridgehead atoms. The molecule has 1 N–H and O–H groups in total. The van der Waals surface area contributed by atoms with Gasteiger partial charge in [0.1, 0.15) is 0 Å². The van der Waals surface area contributed by atoms with E-state index in [1.807, 2.05) is 23.1 Å². The summed E-state index contributed by atoms with van der Waals surface area (Å²) in [5, 5.41) is 9.31. The van der Waals surface area contributed by atoms with E-state index in [-0.39, 0.29) is 18.6 Å². The van der Waals surface area contributed by atoms with Crippen molar-refractivity contribution in [2.75, 3.05) is 18.9 Å². The number of amides is 1. The van der Waals surface area contributed by atoms with Crippen LogP contribution in [0.5, 0.6) is 0 Å². The van der Waals surface area contributed by atoms with Crippen molar-refractivity contribution >= 4 is 17.7 Å². The third-order valence-corrected chi connectivity index (χ3v) is 4.50. The molecule has 1 heterocycles. The molecule has 0 saturated carbocycles. The third kappa shape index (κ3) is 4.25. The number of piperidine rings is 1. The highest BCUT2D eigenvalue weighted by molar-refractivity contribution is 7.99. The number of rotatable bonds is 5. The number of aliphatic hydroxyl groups is 1. The highest BCUT2D eigenvalue weighted by atomic mass is 32.2. The molecule has 1 amide bonds. The van der Waals surface area contributed by atoms with Gasteiger partial charge in [-0.05, 0) is 31.4 Å². The normalized spacial score (nSPS) is 19.4.